The van der Waals surface area contributed by atoms with Crippen molar-refractivity contribution in [2.75, 3.05) is 11.9 Å². The van der Waals surface area contributed by atoms with Crippen molar-refractivity contribution in [2.24, 2.45) is 0 Å². The van der Waals surface area contributed by atoms with Gasteiger partial charge in [-0.1, -0.05) is 20.8 Å². The smallest absolute Gasteiger partial charge is 0.143 e. The average molecular weight is 345 g/mol. The van der Waals surface area contributed by atoms with Crippen LogP contribution in [0.15, 0.2) is 0 Å². The van der Waals surface area contributed by atoms with Crippen molar-refractivity contribution in [1.82, 2.24) is 9.97 Å². The van der Waals surface area contributed by atoms with Gasteiger partial charge in [-0.05, 0) is 48.3 Å². The van der Waals surface area contributed by atoms with Crippen LogP contribution >= 0.6 is 22.6 Å². The Balaban J connectivity index is 2.35. The van der Waals surface area contributed by atoms with E-state index in [1.807, 2.05) is 0 Å². The van der Waals surface area contributed by atoms with E-state index in [9.17, 15) is 0 Å². The van der Waals surface area contributed by atoms with Gasteiger partial charge >= 0.3 is 0 Å². The monoisotopic (exact) mass is 345 g/mol. The van der Waals surface area contributed by atoms with Crippen molar-refractivity contribution in [1.29, 1.82) is 0 Å². The highest BCUT2D eigenvalue weighted by molar-refractivity contribution is 14.1. The maximum Gasteiger partial charge on any atom is 0.143 e. The lowest BCUT2D eigenvalue weighted by Gasteiger charge is -2.14. The number of hydrogen-bond donors (Lipinski definition) is 1. The van der Waals surface area contributed by atoms with E-state index in [4.69, 9.17) is 9.97 Å². The molecule has 0 aliphatic heterocycles. The molecule has 94 valence electrons. The minimum Gasteiger partial charge on any atom is -0.369 e. The maximum atomic E-state index is 4.73. The first-order valence-electron chi connectivity index (χ1n) is 6.41. The molecule has 1 N–H and O–H groups in total. The molecule has 0 aromatic carbocycles. The summed E-state index contributed by atoms with van der Waals surface area (Å²) < 4.78 is 1.19. The first-order chi connectivity index (χ1) is 8.10. The predicted molar refractivity (Wildman–Crippen MR) is 79.5 cm³/mol. The van der Waals surface area contributed by atoms with Crippen LogP contribution in [0.2, 0.25) is 0 Å². The molecule has 2 rings (SSSR count). The van der Waals surface area contributed by atoms with Crippen molar-refractivity contribution in [3.63, 3.8) is 0 Å². The fraction of sp³-hybridized carbons (Fsp3) is 0.692. The molecule has 1 heterocycles. The lowest BCUT2D eigenvalue weighted by atomic mass is 10.1. The van der Waals surface area contributed by atoms with Gasteiger partial charge in [-0.15, -0.1) is 0 Å². The summed E-state index contributed by atoms with van der Waals surface area (Å²) in [7, 11) is 0. The van der Waals surface area contributed by atoms with E-state index in [1.54, 1.807) is 0 Å². The molecule has 0 radical (unpaired) electrons. The molecule has 0 unspecified atom stereocenters. The van der Waals surface area contributed by atoms with E-state index >= 15 is 0 Å². The highest BCUT2D eigenvalue weighted by Gasteiger charge is 2.42. The number of aromatic nitrogens is 2. The molecule has 1 aromatic heterocycles. The summed E-state index contributed by atoms with van der Waals surface area (Å²) in [6, 6.07) is 0. The fourth-order valence-corrected chi connectivity index (χ4v) is 2.58. The summed E-state index contributed by atoms with van der Waals surface area (Å²) in [6.07, 6.45) is 4.55. The molecule has 1 aliphatic carbocycles. The van der Waals surface area contributed by atoms with Crippen molar-refractivity contribution in [3.05, 3.63) is 15.1 Å². The topological polar surface area (TPSA) is 37.8 Å². The number of halogens is 1. The van der Waals surface area contributed by atoms with Gasteiger partial charge in [0.25, 0.3) is 0 Å². The summed E-state index contributed by atoms with van der Waals surface area (Å²) in [5.74, 6) is 2.07. The molecule has 17 heavy (non-hydrogen) atoms. The van der Waals surface area contributed by atoms with Crippen LogP contribution in [0.1, 0.15) is 51.6 Å². The lowest BCUT2D eigenvalue weighted by Crippen LogP contribution is -2.14. The van der Waals surface area contributed by atoms with Crippen LogP contribution in [0.5, 0.6) is 0 Å². The Morgan fingerprint density at radius 1 is 1.29 bits per heavy atom. The van der Waals surface area contributed by atoms with Crippen molar-refractivity contribution in [2.45, 2.75) is 51.9 Å². The number of rotatable bonds is 5. The van der Waals surface area contributed by atoms with Gasteiger partial charge < -0.3 is 5.32 Å². The molecule has 0 amide bonds. The number of hydrogen-bond acceptors (Lipinski definition) is 3. The largest absolute Gasteiger partial charge is 0.369 e. The van der Waals surface area contributed by atoms with Crippen molar-refractivity contribution < 1.29 is 0 Å². The van der Waals surface area contributed by atoms with E-state index in [0.29, 0.717) is 0 Å². The zero-order valence-electron chi connectivity index (χ0n) is 10.8. The summed E-state index contributed by atoms with van der Waals surface area (Å²) in [6.45, 7) is 7.57. The Kier molecular flexibility index (Phi) is 3.90. The molecule has 1 fully saturated rings. The second kappa shape index (κ2) is 5.08. The second-order valence-electron chi connectivity index (χ2n) is 5.00. The molecule has 3 nitrogen and oxygen atoms in total. The first-order valence-corrected chi connectivity index (χ1v) is 7.49. The van der Waals surface area contributed by atoms with E-state index in [2.05, 4.69) is 48.7 Å². The Hall–Kier alpha value is -0.390. The number of aryl methyl sites for hydroxylation is 1. The zero-order valence-corrected chi connectivity index (χ0v) is 13.0. The summed E-state index contributed by atoms with van der Waals surface area (Å²) in [4.78, 5) is 9.46. The van der Waals surface area contributed by atoms with E-state index in [1.165, 1.54) is 22.1 Å². The van der Waals surface area contributed by atoms with Gasteiger partial charge in [0.2, 0.25) is 0 Å². The molecule has 0 atom stereocenters. The van der Waals surface area contributed by atoms with Crippen LogP contribution in [0.3, 0.4) is 0 Å². The Morgan fingerprint density at radius 2 is 2.00 bits per heavy atom. The van der Waals surface area contributed by atoms with Gasteiger partial charge in [0, 0.05) is 12.0 Å². The summed E-state index contributed by atoms with van der Waals surface area (Å²) in [5, 5.41) is 3.42. The molecule has 1 aliphatic rings. The first kappa shape index (κ1) is 13.1. The van der Waals surface area contributed by atoms with Crippen LogP contribution in [0.4, 0.5) is 5.82 Å². The average Bonchev–Trinajstić information content (AvgIpc) is 3.07. The van der Waals surface area contributed by atoms with Gasteiger partial charge in [0.15, 0.2) is 0 Å². The van der Waals surface area contributed by atoms with Crippen molar-refractivity contribution >= 4 is 28.4 Å². The third-order valence-electron chi connectivity index (χ3n) is 3.34. The molecular formula is C13H20IN3. The predicted octanol–water partition coefficient (Wildman–Crippen LogP) is 3.52. The van der Waals surface area contributed by atoms with Gasteiger partial charge in [0.1, 0.15) is 11.6 Å². The Labute approximate surface area is 117 Å². The van der Waals surface area contributed by atoms with Crippen LogP contribution in [-0.4, -0.2) is 16.5 Å². The lowest BCUT2D eigenvalue weighted by molar-refractivity contribution is 0.696. The maximum absolute atomic E-state index is 4.73. The minimum atomic E-state index is 0.247. The van der Waals surface area contributed by atoms with Crippen LogP contribution in [-0.2, 0) is 11.8 Å². The van der Waals surface area contributed by atoms with Gasteiger partial charge in [0.05, 0.1) is 9.26 Å². The Bertz CT molecular complexity index is 413. The molecule has 1 aromatic rings. The van der Waals surface area contributed by atoms with Gasteiger partial charge in [-0.2, -0.15) is 0 Å². The van der Waals surface area contributed by atoms with Gasteiger partial charge in [-0.3, -0.25) is 0 Å². The van der Waals surface area contributed by atoms with E-state index in [-0.39, 0.29) is 5.41 Å². The minimum absolute atomic E-state index is 0.247. The quantitative estimate of drug-likeness (QED) is 0.830. The fourth-order valence-electron chi connectivity index (χ4n) is 1.77. The molecule has 0 spiro atoms. The number of nitrogens with zero attached hydrogens (tertiary/aromatic N) is 2. The third-order valence-corrected chi connectivity index (χ3v) is 4.47. The summed E-state index contributed by atoms with van der Waals surface area (Å²) >= 11 is 2.36. The molecule has 1 saturated carbocycles. The third kappa shape index (κ3) is 2.72. The van der Waals surface area contributed by atoms with Crippen LogP contribution < -0.4 is 5.32 Å². The van der Waals surface area contributed by atoms with Crippen LogP contribution in [0, 0.1) is 3.57 Å². The highest BCUT2D eigenvalue weighted by atomic mass is 127. The van der Waals surface area contributed by atoms with Gasteiger partial charge in [-0.25, -0.2) is 9.97 Å². The highest BCUT2D eigenvalue weighted by Crippen LogP contribution is 2.46. The van der Waals surface area contributed by atoms with E-state index in [0.717, 1.165) is 31.0 Å². The summed E-state index contributed by atoms with van der Waals surface area (Å²) in [5.41, 5.74) is 1.43. The standard InChI is InChI=1S/C13H20IN3/c1-4-8-15-11-10(14)9(5-2)16-12(17-11)13(3)6-7-13/h4-8H2,1-3H3,(H,15,16,17). The second-order valence-corrected chi connectivity index (χ2v) is 6.08. The van der Waals surface area contributed by atoms with Crippen LogP contribution in [0.25, 0.3) is 0 Å². The number of nitrogens with one attached hydrogen (secondary N) is 1. The SMILES string of the molecule is CCCNc1nc(C2(C)CC2)nc(CC)c1I. The van der Waals surface area contributed by atoms with Crippen molar-refractivity contribution in [3.8, 4) is 0 Å². The van der Waals surface area contributed by atoms with E-state index < -0.39 is 0 Å². The number of anilines is 1. The normalized spacial score (nSPS) is 16.9. The molecule has 4 heteroatoms. The molecule has 0 bridgehead atoms. The molecule has 0 saturated heterocycles. The zero-order chi connectivity index (χ0) is 12.5. The Morgan fingerprint density at radius 3 is 2.53 bits per heavy atom. The molecular weight excluding hydrogens is 325 g/mol.